The third-order valence-corrected chi connectivity index (χ3v) is 13.3. The van der Waals surface area contributed by atoms with Crippen LogP contribution in [0.3, 0.4) is 0 Å². The minimum Gasteiger partial charge on any atom is -0.497 e. The van der Waals surface area contributed by atoms with Gasteiger partial charge in [0.2, 0.25) is 27.7 Å². The molecule has 51 heavy (non-hydrogen) atoms. The molecule has 0 bridgehead atoms. The van der Waals surface area contributed by atoms with Crippen molar-refractivity contribution in [1.29, 1.82) is 0 Å². The summed E-state index contributed by atoms with van der Waals surface area (Å²) in [5.74, 6) is -1.77. The molecule has 2 aromatic rings. The van der Waals surface area contributed by atoms with Crippen LogP contribution < -0.4 is 24.8 Å². The topological polar surface area (TPSA) is 193 Å². The summed E-state index contributed by atoms with van der Waals surface area (Å²) in [5.41, 5.74) is -1.54. The van der Waals surface area contributed by atoms with Crippen molar-refractivity contribution >= 4 is 44.6 Å². The number of carbonyl (C=O) groups is 4. The number of ether oxygens (including phenoxy) is 2. The molecule has 0 radical (unpaired) electrons. The number of nitrogens with one attached hydrogen (secondary N) is 3. The highest BCUT2D eigenvalue weighted by atomic mass is 32.2. The van der Waals surface area contributed by atoms with Crippen LogP contribution in [0.15, 0.2) is 42.6 Å². The SMILES string of the molecule is CC[C@@H]1C[C@@H](C)CC/C=C\[C@@H]2C[C@@]2(C(=O)NS(=O)(=O)C2(C)CC2)NC(=O)[C@@H]2C[C@@H](Oc3nccc4cc(OC)ccc34)CN2C(=O)[C@H]1NC(=O)O. The molecule has 4 N–H and O–H groups in total. The molecule has 0 unspecified atom stereocenters. The predicted molar refractivity (Wildman–Crippen MR) is 187 cm³/mol. The van der Waals surface area contributed by atoms with Gasteiger partial charge in [0.25, 0.3) is 5.91 Å². The number of carboxylic acid groups (broad SMARTS) is 1. The van der Waals surface area contributed by atoms with Gasteiger partial charge >= 0.3 is 6.09 Å². The van der Waals surface area contributed by atoms with E-state index in [0.29, 0.717) is 49.1 Å². The van der Waals surface area contributed by atoms with Crippen LogP contribution in [0.5, 0.6) is 11.6 Å². The molecule has 1 saturated heterocycles. The molecule has 2 aliphatic carbocycles. The fourth-order valence-corrected chi connectivity index (χ4v) is 8.77. The second kappa shape index (κ2) is 14.0. The average Bonchev–Trinajstić information content (AvgIpc) is 3.97. The van der Waals surface area contributed by atoms with Crippen LogP contribution in [-0.4, -0.2) is 89.4 Å². The second-order valence-corrected chi connectivity index (χ2v) is 17.0. The number of nitrogens with zero attached hydrogens (tertiary/aromatic N) is 2. The molecule has 1 aromatic carbocycles. The summed E-state index contributed by atoms with van der Waals surface area (Å²) in [4.78, 5) is 60.4. The highest BCUT2D eigenvalue weighted by molar-refractivity contribution is 7.91. The lowest BCUT2D eigenvalue weighted by atomic mass is 9.85. The minimum atomic E-state index is -4.00. The number of aromatic nitrogens is 1. The molecule has 2 aliphatic heterocycles. The molecule has 4 aliphatic rings. The first kappa shape index (κ1) is 36.4. The predicted octanol–water partition coefficient (Wildman–Crippen LogP) is 3.50. The van der Waals surface area contributed by atoms with Gasteiger partial charge in [0.1, 0.15) is 29.5 Å². The Balaban J connectivity index is 1.35. The third kappa shape index (κ3) is 7.35. The summed E-state index contributed by atoms with van der Waals surface area (Å²) in [6.45, 7) is 5.48. The molecule has 1 aromatic heterocycles. The number of hydrogen-bond acceptors (Lipinski definition) is 9. The quantitative estimate of drug-likeness (QED) is 0.293. The Morgan fingerprint density at radius 1 is 1.18 bits per heavy atom. The van der Waals surface area contributed by atoms with Crippen LogP contribution in [0.2, 0.25) is 0 Å². The highest BCUT2D eigenvalue weighted by Gasteiger charge is 2.63. The van der Waals surface area contributed by atoms with Crippen LogP contribution in [-0.2, 0) is 24.4 Å². The maximum Gasteiger partial charge on any atom is 0.405 e. The monoisotopic (exact) mass is 725 g/mol. The summed E-state index contributed by atoms with van der Waals surface area (Å²) in [7, 11) is -2.43. The summed E-state index contributed by atoms with van der Waals surface area (Å²) in [6.07, 6.45) is 6.87. The van der Waals surface area contributed by atoms with Gasteiger partial charge in [-0.15, -0.1) is 0 Å². The van der Waals surface area contributed by atoms with Crippen molar-refractivity contribution in [2.45, 2.75) is 101 Å². The largest absolute Gasteiger partial charge is 0.497 e. The molecule has 3 heterocycles. The Morgan fingerprint density at radius 2 is 1.94 bits per heavy atom. The molecular formula is C36H47N5O9S. The minimum absolute atomic E-state index is 0.0212. The maximum atomic E-state index is 14.5. The Labute approximate surface area is 297 Å². The maximum absolute atomic E-state index is 14.5. The first-order valence-electron chi connectivity index (χ1n) is 17.6. The smallest absolute Gasteiger partial charge is 0.405 e. The number of methoxy groups -OCH3 is 1. The molecule has 15 heteroatoms. The van der Waals surface area contributed by atoms with Crippen LogP contribution in [0, 0.1) is 17.8 Å². The Hall–Kier alpha value is -4.40. The molecule has 6 rings (SSSR count). The summed E-state index contributed by atoms with van der Waals surface area (Å²) in [6, 6.07) is 4.94. The van der Waals surface area contributed by atoms with E-state index in [1.165, 1.54) is 4.90 Å². The van der Waals surface area contributed by atoms with Crippen molar-refractivity contribution in [3.63, 3.8) is 0 Å². The molecule has 2 saturated carbocycles. The van der Waals surface area contributed by atoms with E-state index >= 15 is 0 Å². The molecule has 7 atom stereocenters. The standard InChI is InChI=1S/C36H47N5O9S/c1-5-22-16-21(2)8-6-7-9-24-19-36(24,33(44)40-51(47,48)35(3)13-14-35)39-30(42)28-18-26(20-41(28)32(43)29(22)38-34(45)46)50-31-27-11-10-25(49-4)17-23(27)12-15-37-31/h7,9-12,15,17,21-22,24,26,28-29,38H,5-6,8,13-14,16,18-20H2,1-4H3,(H,39,42)(H,40,44)(H,45,46)/b9-7-/t21-,22+,24+,26+,28-,29-,36+/m0/s1. The van der Waals surface area contributed by atoms with Crippen LogP contribution in [0.4, 0.5) is 4.79 Å². The number of benzene rings is 1. The normalized spacial score (nSPS) is 31.2. The summed E-state index contributed by atoms with van der Waals surface area (Å²) in [5, 5.41) is 16.6. The second-order valence-electron chi connectivity index (χ2n) is 14.8. The fraction of sp³-hybridized carbons (Fsp3) is 0.583. The zero-order valence-electron chi connectivity index (χ0n) is 29.4. The lowest BCUT2D eigenvalue weighted by Gasteiger charge is -2.33. The van der Waals surface area contributed by atoms with Crippen LogP contribution in [0.1, 0.15) is 72.1 Å². The third-order valence-electron chi connectivity index (χ3n) is 11.1. The van der Waals surface area contributed by atoms with Gasteiger partial charge in [-0.1, -0.05) is 32.4 Å². The van der Waals surface area contributed by atoms with Crippen molar-refractivity contribution in [3.8, 4) is 11.6 Å². The molecule has 0 spiro atoms. The molecule has 4 amide bonds. The van der Waals surface area contributed by atoms with Gasteiger partial charge in [0.15, 0.2) is 0 Å². The van der Waals surface area contributed by atoms with Crippen molar-refractivity contribution in [1.82, 2.24) is 25.2 Å². The van der Waals surface area contributed by atoms with Gasteiger partial charge in [-0.25, -0.2) is 18.2 Å². The summed E-state index contributed by atoms with van der Waals surface area (Å²) >= 11 is 0. The van der Waals surface area contributed by atoms with Crippen molar-refractivity contribution in [2.24, 2.45) is 17.8 Å². The van der Waals surface area contributed by atoms with E-state index in [-0.39, 0.29) is 31.2 Å². The van der Waals surface area contributed by atoms with E-state index < -0.39 is 68.2 Å². The van der Waals surface area contributed by atoms with E-state index in [9.17, 15) is 32.7 Å². The number of carbonyl (C=O) groups excluding carboxylic acids is 3. The average molecular weight is 726 g/mol. The molecule has 276 valence electrons. The van der Waals surface area contributed by atoms with E-state index in [2.05, 4.69) is 27.3 Å². The zero-order valence-corrected chi connectivity index (χ0v) is 30.2. The number of hydrogen-bond donors (Lipinski definition) is 4. The highest BCUT2D eigenvalue weighted by Crippen LogP contribution is 2.47. The number of fused-ring (bicyclic) bond motifs is 3. The Kier molecular flexibility index (Phi) is 9.96. The fourth-order valence-electron chi connectivity index (χ4n) is 7.46. The molecule has 3 fully saturated rings. The van der Waals surface area contributed by atoms with E-state index in [1.54, 1.807) is 26.3 Å². The lowest BCUT2D eigenvalue weighted by Crippen LogP contribution is -2.59. The van der Waals surface area contributed by atoms with Crippen LogP contribution in [0.25, 0.3) is 10.8 Å². The number of pyridine rings is 1. The lowest BCUT2D eigenvalue weighted by molar-refractivity contribution is -0.142. The number of rotatable bonds is 8. The number of allylic oxidation sites excluding steroid dienone is 1. The van der Waals surface area contributed by atoms with E-state index in [1.807, 2.05) is 37.3 Å². The van der Waals surface area contributed by atoms with Crippen LogP contribution >= 0.6 is 0 Å². The van der Waals surface area contributed by atoms with E-state index in [0.717, 1.165) is 11.8 Å². The molecule has 14 nitrogen and oxygen atoms in total. The van der Waals surface area contributed by atoms with Gasteiger partial charge in [0, 0.05) is 23.9 Å². The van der Waals surface area contributed by atoms with Gasteiger partial charge in [-0.05, 0) is 86.9 Å². The molecular weight excluding hydrogens is 678 g/mol. The number of sulfonamides is 1. The Bertz CT molecular complexity index is 1850. The Morgan fingerprint density at radius 3 is 2.63 bits per heavy atom. The summed E-state index contributed by atoms with van der Waals surface area (Å²) < 4.78 is 39.1. The zero-order chi connectivity index (χ0) is 36.7. The van der Waals surface area contributed by atoms with Gasteiger partial charge in [0.05, 0.1) is 18.4 Å². The van der Waals surface area contributed by atoms with E-state index in [4.69, 9.17) is 9.47 Å². The number of amides is 4. The van der Waals surface area contributed by atoms with Gasteiger partial charge in [-0.2, -0.15) is 0 Å². The van der Waals surface area contributed by atoms with Crippen molar-refractivity contribution < 1.29 is 42.2 Å². The van der Waals surface area contributed by atoms with Gasteiger partial charge < -0.3 is 30.1 Å². The van der Waals surface area contributed by atoms with Crippen molar-refractivity contribution in [3.05, 3.63) is 42.6 Å². The first-order valence-corrected chi connectivity index (χ1v) is 19.1. The van der Waals surface area contributed by atoms with Gasteiger partial charge in [-0.3, -0.25) is 19.1 Å². The van der Waals surface area contributed by atoms with Crippen molar-refractivity contribution in [2.75, 3.05) is 13.7 Å². The first-order chi connectivity index (χ1) is 24.2.